The average Bonchev–Trinajstić information content (AvgIpc) is 1.96. The summed E-state index contributed by atoms with van der Waals surface area (Å²) in [5, 5.41) is 0. The topological polar surface area (TPSA) is 48.1 Å². The molecular formula is C7H4F5IN2O. The average molecular weight is 354 g/mol. The van der Waals surface area contributed by atoms with Gasteiger partial charge >= 0.3 is 6.36 Å². The van der Waals surface area contributed by atoms with Crippen molar-refractivity contribution in [2.45, 2.75) is 12.8 Å². The zero-order valence-corrected chi connectivity index (χ0v) is 9.51. The number of halogens is 6. The Morgan fingerprint density at radius 3 is 2.38 bits per heavy atom. The summed E-state index contributed by atoms with van der Waals surface area (Å²) >= 11 is 1.54. The lowest BCUT2D eigenvalue weighted by Gasteiger charge is -2.14. The molecule has 9 heteroatoms. The number of nitrogens with zero attached hydrogens (tertiary/aromatic N) is 1. The summed E-state index contributed by atoms with van der Waals surface area (Å²) in [5.41, 5.74) is 4.04. The van der Waals surface area contributed by atoms with Crippen molar-refractivity contribution in [1.82, 2.24) is 4.98 Å². The lowest BCUT2D eigenvalue weighted by Crippen LogP contribution is -2.19. The van der Waals surface area contributed by atoms with Crippen molar-refractivity contribution in [3.05, 3.63) is 15.3 Å². The van der Waals surface area contributed by atoms with E-state index >= 15 is 0 Å². The van der Waals surface area contributed by atoms with Crippen molar-refractivity contribution in [3.63, 3.8) is 0 Å². The molecule has 1 heterocycles. The molecule has 0 aliphatic rings. The summed E-state index contributed by atoms with van der Waals surface area (Å²) in [6.07, 6.45) is -8.25. The number of hydrogen-bond donors (Lipinski definition) is 1. The molecule has 0 atom stereocenters. The summed E-state index contributed by atoms with van der Waals surface area (Å²) in [5.74, 6) is -1.71. The van der Waals surface area contributed by atoms with Crippen LogP contribution < -0.4 is 10.5 Å². The first-order chi connectivity index (χ1) is 7.20. The van der Waals surface area contributed by atoms with Gasteiger partial charge in [0.25, 0.3) is 6.43 Å². The van der Waals surface area contributed by atoms with E-state index in [1.807, 2.05) is 0 Å². The zero-order valence-electron chi connectivity index (χ0n) is 7.36. The maximum Gasteiger partial charge on any atom is 0.573 e. The third kappa shape index (κ3) is 3.32. The molecule has 2 N–H and O–H groups in total. The van der Waals surface area contributed by atoms with Crippen LogP contribution in [0.25, 0.3) is 0 Å². The fourth-order valence-electron chi connectivity index (χ4n) is 0.948. The molecule has 0 amide bonds. The van der Waals surface area contributed by atoms with Crippen LogP contribution in [0, 0.1) is 3.70 Å². The Hall–Kier alpha value is -0.870. The minimum atomic E-state index is -5.06. The van der Waals surface area contributed by atoms with Crippen molar-refractivity contribution in [2.24, 2.45) is 0 Å². The van der Waals surface area contributed by atoms with Crippen LogP contribution in [0.1, 0.15) is 12.0 Å². The first kappa shape index (κ1) is 13.2. The van der Waals surface area contributed by atoms with Gasteiger partial charge in [0.2, 0.25) is 0 Å². The number of pyridine rings is 1. The second-order valence-corrected chi connectivity index (χ2v) is 3.70. The molecule has 0 radical (unpaired) electrons. The monoisotopic (exact) mass is 354 g/mol. The van der Waals surface area contributed by atoms with Gasteiger partial charge in [0.15, 0.2) is 0 Å². The van der Waals surface area contributed by atoms with E-state index in [1.54, 1.807) is 0 Å². The normalized spacial score (nSPS) is 11.9. The number of hydrogen-bond acceptors (Lipinski definition) is 3. The van der Waals surface area contributed by atoms with E-state index in [9.17, 15) is 22.0 Å². The second kappa shape index (κ2) is 4.55. The molecule has 1 aromatic rings. The number of nitrogens with two attached hydrogens (primary N) is 1. The Morgan fingerprint density at radius 2 is 1.94 bits per heavy atom. The lowest BCUT2D eigenvalue weighted by molar-refractivity contribution is -0.275. The number of nitrogen functional groups attached to an aromatic ring is 1. The fourth-order valence-corrected chi connectivity index (χ4v) is 1.49. The predicted octanol–water partition coefficient (Wildman–Crippen LogP) is 3.10. The maximum absolute atomic E-state index is 12.4. The van der Waals surface area contributed by atoms with E-state index in [2.05, 4.69) is 9.72 Å². The number of ether oxygens (including phenoxy) is 1. The molecule has 0 saturated heterocycles. The Labute approximate surface area is 99.9 Å². The molecule has 0 aliphatic heterocycles. The summed E-state index contributed by atoms with van der Waals surface area (Å²) < 4.78 is 64.1. The fraction of sp³-hybridized carbons (Fsp3) is 0.286. The highest BCUT2D eigenvalue weighted by molar-refractivity contribution is 14.1. The van der Waals surface area contributed by atoms with Gasteiger partial charge in [-0.15, -0.1) is 13.2 Å². The van der Waals surface area contributed by atoms with Crippen LogP contribution in [0.5, 0.6) is 5.75 Å². The minimum Gasteiger partial charge on any atom is -0.405 e. The molecule has 0 aliphatic carbocycles. The molecule has 0 aromatic carbocycles. The molecule has 1 aromatic heterocycles. The molecule has 1 rings (SSSR count). The van der Waals surface area contributed by atoms with Crippen LogP contribution in [-0.4, -0.2) is 11.3 Å². The Balaban J connectivity index is 3.24. The van der Waals surface area contributed by atoms with Crippen LogP contribution >= 0.6 is 22.6 Å². The van der Waals surface area contributed by atoms with E-state index in [-0.39, 0.29) is 3.70 Å². The van der Waals surface area contributed by atoms with Crippen molar-refractivity contribution in [2.75, 3.05) is 5.73 Å². The van der Waals surface area contributed by atoms with Gasteiger partial charge in [0.1, 0.15) is 20.8 Å². The number of anilines is 1. The van der Waals surface area contributed by atoms with Crippen molar-refractivity contribution < 1.29 is 26.7 Å². The maximum atomic E-state index is 12.4. The lowest BCUT2D eigenvalue weighted by atomic mass is 10.2. The highest BCUT2D eigenvalue weighted by Crippen LogP contribution is 2.36. The van der Waals surface area contributed by atoms with Gasteiger partial charge in [-0.3, -0.25) is 0 Å². The Morgan fingerprint density at radius 1 is 1.38 bits per heavy atom. The predicted molar refractivity (Wildman–Crippen MR) is 53.0 cm³/mol. The second-order valence-electron chi connectivity index (χ2n) is 2.59. The summed E-state index contributed by atoms with van der Waals surface area (Å²) in [4.78, 5) is 3.42. The van der Waals surface area contributed by atoms with Gasteiger partial charge in [-0.2, -0.15) is 0 Å². The minimum absolute atomic E-state index is 0.0266. The standard InChI is InChI=1S/C7H4F5IN2O/c8-5(9)4-2(16-7(10,11)12)1-3(13)15-6(4)14/h1,5H,(H2,14,15). The molecular weight excluding hydrogens is 350 g/mol. The van der Waals surface area contributed by atoms with Gasteiger partial charge in [-0.05, 0) is 22.6 Å². The van der Waals surface area contributed by atoms with Crippen molar-refractivity contribution in [3.8, 4) is 5.75 Å². The summed E-state index contributed by atoms with van der Waals surface area (Å²) in [7, 11) is 0. The van der Waals surface area contributed by atoms with Crippen molar-refractivity contribution in [1.29, 1.82) is 0 Å². The third-order valence-electron chi connectivity index (χ3n) is 1.46. The van der Waals surface area contributed by atoms with Crippen LogP contribution in [0.15, 0.2) is 6.07 Å². The van der Waals surface area contributed by atoms with Crippen LogP contribution in [0.4, 0.5) is 27.8 Å². The van der Waals surface area contributed by atoms with Crippen LogP contribution in [0.2, 0.25) is 0 Å². The largest absolute Gasteiger partial charge is 0.573 e. The summed E-state index contributed by atoms with van der Waals surface area (Å²) in [6.45, 7) is 0. The zero-order chi connectivity index (χ0) is 12.5. The molecule has 0 fully saturated rings. The van der Waals surface area contributed by atoms with Gasteiger partial charge in [0.05, 0.1) is 0 Å². The molecule has 0 bridgehead atoms. The van der Waals surface area contributed by atoms with Crippen LogP contribution in [-0.2, 0) is 0 Å². The molecule has 90 valence electrons. The Bertz CT molecular complexity index is 395. The Kier molecular flexibility index (Phi) is 3.76. The molecule has 16 heavy (non-hydrogen) atoms. The smallest absolute Gasteiger partial charge is 0.405 e. The summed E-state index contributed by atoms with van der Waals surface area (Å²) in [6, 6.07) is 0.742. The van der Waals surface area contributed by atoms with E-state index in [1.165, 1.54) is 22.6 Å². The quantitative estimate of drug-likeness (QED) is 0.505. The highest BCUT2D eigenvalue weighted by Gasteiger charge is 2.34. The number of aromatic nitrogens is 1. The highest BCUT2D eigenvalue weighted by atomic mass is 127. The van der Waals surface area contributed by atoms with Gasteiger partial charge in [-0.25, -0.2) is 13.8 Å². The van der Waals surface area contributed by atoms with Crippen LogP contribution in [0.3, 0.4) is 0 Å². The van der Waals surface area contributed by atoms with E-state index in [4.69, 9.17) is 5.73 Å². The molecule has 0 saturated carbocycles. The van der Waals surface area contributed by atoms with Gasteiger partial charge in [-0.1, -0.05) is 0 Å². The molecule has 0 unspecified atom stereocenters. The first-order valence-corrected chi connectivity index (χ1v) is 4.78. The van der Waals surface area contributed by atoms with E-state index in [0.717, 1.165) is 6.07 Å². The molecule has 0 spiro atoms. The first-order valence-electron chi connectivity index (χ1n) is 3.70. The molecule has 3 nitrogen and oxygen atoms in total. The third-order valence-corrected chi connectivity index (χ3v) is 2.02. The van der Waals surface area contributed by atoms with Gasteiger partial charge in [0, 0.05) is 6.07 Å². The number of alkyl halides is 5. The SMILES string of the molecule is Nc1nc(I)cc(OC(F)(F)F)c1C(F)F. The van der Waals surface area contributed by atoms with Crippen molar-refractivity contribution >= 4 is 28.4 Å². The van der Waals surface area contributed by atoms with E-state index < -0.39 is 29.9 Å². The van der Waals surface area contributed by atoms with Gasteiger partial charge < -0.3 is 10.5 Å². The number of rotatable bonds is 2. The van der Waals surface area contributed by atoms with E-state index in [0.29, 0.717) is 0 Å².